The van der Waals surface area contributed by atoms with Crippen LogP contribution in [-0.4, -0.2) is 34.8 Å². The maximum Gasteiger partial charge on any atom is 0.267 e. The van der Waals surface area contributed by atoms with Gasteiger partial charge in [0.25, 0.3) is 5.56 Å². The zero-order chi connectivity index (χ0) is 13.4. The molecule has 4 nitrogen and oxygen atoms in total. The minimum Gasteiger partial charge on any atom is -0.306 e. The van der Waals surface area contributed by atoms with E-state index in [0.717, 1.165) is 44.5 Å². The minimum atomic E-state index is 0.0994. The van der Waals surface area contributed by atoms with E-state index in [1.807, 2.05) is 6.07 Å². The van der Waals surface area contributed by atoms with Crippen molar-refractivity contribution >= 4 is 0 Å². The maximum atomic E-state index is 12.3. The van der Waals surface area contributed by atoms with Crippen molar-refractivity contribution in [2.45, 2.75) is 45.1 Å². The van der Waals surface area contributed by atoms with E-state index in [9.17, 15) is 4.79 Å². The summed E-state index contributed by atoms with van der Waals surface area (Å²) < 4.78 is 1.77. The Bertz CT molecular complexity index is 515. The molecule has 0 bridgehead atoms. The third-order valence-electron chi connectivity index (χ3n) is 4.60. The van der Waals surface area contributed by atoms with Gasteiger partial charge in [-0.25, -0.2) is 4.68 Å². The van der Waals surface area contributed by atoms with E-state index >= 15 is 0 Å². The van der Waals surface area contributed by atoms with E-state index in [1.165, 1.54) is 12.0 Å². The SMILES string of the molecule is CC1CCc2nn(C3CCN(C)CC3)c(=O)cc2C1. The average molecular weight is 261 g/mol. The highest BCUT2D eigenvalue weighted by molar-refractivity contribution is 5.21. The zero-order valence-electron chi connectivity index (χ0n) is 11.9. The van der Waals surface area contributed by atoms with Crippen LogP contribution < -0.4 is 5.56 Å². The minimum absolute atomic E-state index is 0.0994. The lowest BCUT2D eigenvalue weighted by molar-refractivity contribution is 0.207. The summed E-state index contributed by atoms with van der Waals surface area (Å²) in [5.41, 5.74) is 2.45. The number of aromatic nitrogens is 2. The average Bonchev–Trinajstić information content (AvgIpc) is 2.39. The highest BCUT2D eigenvalue weighted by atomic mass is 16.1. The van der Waals surface area contributed by atoms with Crippen LogP contribution in [0.1, 0.15) is 43.5 Å². The van der Waals surface area contributed by atoms with Gasteiger partial charge in [-0.05, 0) is 63.7 Å². The molecule has 0 radical (unpaired) electrons. The molecule has 1 aromatic heterocycles. The number of piperidine rings is 1. The van der Waals surface area contributed by atoms with Crippen LogP contribution in [0.3, 0.4) is 0 Å². The highest BCUT2D eigenvalue weighted by Crippen LogP contribution is 2.24. The highest BCUT2D eigenvalue weighted by Gasteiger charge is 2.23. The van der Waals surface area contributed by atoms with E-state index in [2.05, 4.69) is 24.0 Å². The Hall–Kier alpha value is -1.16. The van der Waals surface area contributed by atoms with Gasteiger partial charge in [0.2, 0.25) is 0 Å². The van der Waals surface area contributed by atoms with E-state index < -0.39 is 0 Å². The molecule has 0 aromatic carbocycles. The lowest BCUT2D eigenvalue weighted by atomic mass is 9.88. The standard InChI is InChI=1S/C15H23N3O/c1-11-3-4-14-12(9-11)10-15(19)18(16-14)13-5-7-17(2)8-6-13/h10-11,13H,3-9H2,1-2H3. The second-order valence-corrected chi connectivity index (χ2v) is 6.28. The van der Waals surface area contributed by atoms with E-state index in [1.54, 1.807) is 4.68 Å². The summed E-state index contributed by atoms with van der Waals surface area (Å²) in [6, 6.07) is 2.14. The fraction of sp³-hybridized carbons (Fsp3) is 0.733. The Kier molecular flexibility index (Phi) is 3.44. The Balaban J connectivity index is 1.88. The maximum absolute atomic E-state index is 12.3. The molecule has 0 saturated carbocycles. The van der Waals surface area contributed by atoms with Gasteiger partial charge in [-0.2, -0.15) is 5.10 Å². The van der Waals surface area contributed by atoms with Crippen molar-refractivity contribution in [3.05, 3.63) is 27.7 Å². The van der Waals surface area contributed by atoms with Crippen molar-refractivity contribution in [2.24, 2.45) is 5.92 Å². The first kappa shape index (κ1) is 12.9. The molecule has 0 amide bonds. The van der Waals surface area contributed by atoms with Gasteiger partial charge in [-0.3, -0.25) is 4.79 Å². The van der Waals surface area contributed by atoms with E-state index in [0.29, 0.717) is 12.0 Å². The summed E-state index contributed by atoms with van der Waals surface area (Å²) in [6.07, 6.45) is 5.33. The second-order valence-electron chi connectivity index (χ2n) is 6.28. The first-order chi connectivity index (χ1) is 9.13. The first-order valence-corrected chi connectivity index (χ1v) is 7.43. The predicted octanol–water partition coefficient (Wildman–Crippen LogP) is 1.63. The van der Waals surface area contributed by atoms with Crippen molar-refractivity contribution in [2.75, 3.05) is 20.1 Å². The molecule has 1 aliphatic carbocycles. The van der Waals surface area contributed by atoms with Crippen LogP contribution in [0, 0.1) is 5.92 Å². The van der Waals surface area contributed by atoms with Gasteiger partial charge < -0.3 is 4.90 Å². The molecule has 19 heavy (non-hydrogen) atoms. The van der Waals surface area contributed by atoms with Gasteiger partial charge in [0.15, 0.2) is 0 Å². The molecule has 2 heterocycles. The van der Waals surface area contributed by atoms with Crippen LogP contribution in [0.5, 0.6) is 0 Å². The summed E-state index contributed by atoms with van der Waals surface area (Å²) in [5.74, 6) is 0.688. The summed E-state index contributed by atoms with van der Waals surface area (Å²) in [4.78, 5) is 14.6. The number of aryl methyl sites for hydroxylation is 1. The molecule has 1 saturated heterocycles. The van der Waals surface area contributed by atoms with Crippen LogP contribution in [-0.2, 0) is 12.8 Å². The third kappa shape index (κ3) is 2.59. The monoisotopic (exact) mass is 261 g/mol. The number of hydrogen-bond donors (Lipinski definition) is 0. The molecular formula is C15H23N3O. The number of rotatable bonds is 1. The van der Waals surface area contributed by atoms with Crippen LogP contribution in [0.25, 0.3) is 0 Å². The van der Waals surface area contributed by atoms with Gasteiger partial charge in [-0.1, -0.05) is 6.92 Å². The summed E-state index contributed by atoms with van der Waals surface area (Å²) in [5, 5.41) is 4.68. The molecular weight excluding hydrogens is 238 g/mol. The van der Waals surface area contributed by atoms with Gasteiger partial charge in [0, 0.05) is 6.07 Å². The molecule has 3 rings (SSSR count). The predicted molar refractivity (Wildman–Crippen MR) is 75.5 cm³/mol. The summed E-state index contributed by atoms with van der Waals surface area (Å²) in [7, 11) is 2.14. The molecule has 2 aliphatic rings. The molecule has 1 fully saturated rings. The van der Waals surface area contributed by atoms with Crippen molar-refractivity contribution in [1.82, 2.24) is 14.7 Å². The Morgan fingerprint density at radius 1 is 1.26 bits per heavy atom. The lowest BCUT2D eigenvalue weighted by Gasteiger charge is -2.30. The molecule has 4 heteroatoms. The van der Waals surface area contributed by atoms with Crippen LogP contribution >= 0.6 is 0 Å². The number of nitrogens with zero attached hydrogens (tertiary/aromatic N) is 3. The smallest absolute Gasteiger partial charge is 0.267 e. The van der Waals surface area contributed by atoms with Crippen LogP contribution in [0.4, 0.5) is 0 Å². The lowest BCUT2D eigenvalue weighted by Crippen LogP contribution is -2.37. The normalized spacial score (nSPS) is 25.3. The third-order valence-corrected chi connectivity index (χ3v) is 4.60. The molecule has 1 unspecified atom stereocenters. The van der Waals surface area contributed by atoms with Crippen LogP contribution in [0.2, 0.25) is 0 Å². The van der Waals surface area contributed by atoms with Crippen molar-refractivity contribution in [1.29, 1.82) is 0 Å². The zero-order valence-corrected chi connectivity index (χ0v) is 11.9. The molecule has 1 aliphatic heterocycles. The van der Waals surface area contributed by atoms with Crippen molar-refractivity contribution in [3.63, 3.8) is 0 Å². The number of hydrogen-bond acceptors (Lipinski definition) is 3. The van der Waals surface area contributed by atoms with Gasteiger partial charge in [0.1, 0.15) is 0 Å². The van der Waals surface area contributed by atoms with Crippen molar-refractivity contribution < 1.29 is 0 Å². The van der Waals surface area contributed by atoms with Crippen molar-refractivity contribution in [3.8, 4) is 0 Å². The fourth-order valence-corrected chi connectivity index (χ4v) is 3.29. The Morgan fingerprint density at radius 3 is 2.74 bits per heavy atom. The molecule has 1 aromatic rings. The molecule has 0 spiro atoms. The van der Waals surface area contributed by atoms with Crippen LogP contribution in [0.15, 0.2) is 10.9 Å². The van der Waals surface area contributed by atoms with E-state index in [4.69, 9.17) is 0 Å². The van der Waals surface area contributed by atoms with Gasteiger partial charge in [0.05, 0.1) is 11.7 Å². The molecule has 104 valence electrons. The summed E-state index contributed by atoms with van der Waals surface area (Å²) >= 11 is 0. The van der Waals surface area contributed by atoms with Gasteiger partial charge >= 0.3 is 0 Å². The first-order valence-electron chi connectivity index (χ1n) is 7.43. The topological polar surface area (TPSA) is 38.1 Å². The fourth-order valence-electron chi connectivity index (χ4n) is 3.29. The largest absolute Gasteiger partial charge is 0.306 e. The number of fused-ring (bicyclic) bond motifs is 1. The second kappa shape index (κ2) is 5.08. The number of likely N-dealkylation sites (tertiary alicyclic amines) is 1. The quantitative estimate of drug-likeness (QED) is 0.771. The van der Waals surface area contributed by atoms with E-state index in [-0.39, 0.29) is 5.56 Å². The Morgan fingerprint density at radius 2 is 2.00 bits per heavy atom. The Labute approximate surface area is 114 Å². The molecule has 0 N–H and O–H groups in total. The molecule has 1 atom stereocenters. The van der Waals surface area contributed by atoms with Gasteiger partial charge in [-0.15, -0.1) is 0 Å². The summed E-state index contributed by atoms with van der Waals surface area (Å²) in [6.45, 7) is 4.38.